The molecule has 100 valence electrons. The second-order valence-corrected chi connectivity index (χ2v) is 3.99. The lowest BCUT2D eigenvalue weighted by Gasteiger charge is -2.07. The first-order valence-electron chi connectivity index (χ1n) is 5.55. The summed E-state index contributed by atoms with van der Waals surface area (Å²) in [5, 5.41) is 2.56. The van der Waals surface area contributed by atoms with Gasteiger partial charge in [0.05, 0.1) is 0 Å². The van der Waals surface area contributed by atoms with Gasteiger partial charge in [-0.05, 0) is 24.1 Å². The molecule has 6 heteroatoms. The molecule has 3 nitrogen and oxygen atoms in total. The van der Waals surface area contributed by atoms with Crippen LogP contribution in [0.4, 0.5) is 18.9 Å². The number of amides is 1. The predicted octanol–water partition coefficient (Wildman–Crippen LogP) is 2.62. The Morgan fingerprint density at radius 2 is 1.83 bits per heavy atom. The van der Waals surface area contributed by atoms with Gasteiger partial charge in [0, 0.05) is 25.1 Å². The van der Waals surface area contributed by atoms with E-state index in [9.17, 15) is 18.0 Å². The smallest absolute Gasteiger partial charge is 0.389 e. The SMILES string of the molecule is Nc1ccc(CNC(=O)CCCC(F)(F)F)cc1. The van der Waals surface area contributed by atoms with Gasteiger partial charge in [-0.25, -0.2) is 0 Å². The minimum Gasteiger partial charge on any atom is -0.399 e. The highest BCUT2D eigenvalue weighted by atomic mass is 19.4. The summed E-state index contributed by atoms with van der Waals surface area (Å²) in [6.07, 6.45) is -5.43. The third-order valence-electron chi connectivity index (χ3n) is 2.33. The fourth-order valence-electron chi connectivity index (χ4n) is 1.37. The number of carbonyl (C=O) groups is 1. The third-order valence-corrected chi connectivity index (χ3v) is 2.33. The van der Waals surface area contributed by atoms with E-state index >= 15 is 0 Å². The van der Waals surface area contributed by atoms with Crippen molar-refractivity contribution in [2.45, 2.75) is 32.0 Å². The number of hydrogen-bond donors (Lipinski definition) is 2. The first kappa shape index (κ1) is 14.3. The molecule has 1 rings (SSSR count). The number of nitrogens with two attached hydrogens (primary N) is 1. The van der Waals surface area contributed by atoms with Gasteiger partial charge in [0.1, 0.15) is 0 Å². The van der Waals surface area contributed by atoms with E-state index in [2.05, 4.69) is 5.32 Å². The summed E-state index contributed by atoms with van der Waals surface area (Å²) in [7, 11) is 0. The fourth-order valence-corrected chi connectivity index (χ4v) is 1.37. The molecule has 0 saturated carbocycles. The molecule has 0 saturated heterocycles. The standard InChI is InChI=1S/C12H15F3N2O/c13-12(14,15)7-1-2-11(18)17-8-9-3-5-10(16)6-4-9/h3-6H,1-2,7-8,16H2,(H,17,18). The Kier molecular flexibility index (Phi) is 5.00. The lowest BCUT2D eigenvalue weighted by molar-refractivity contribution is -0.137. The molecule has 3 N–H and O–H groups in total. The predicted molar refractivity (Wildman–Crippen MR) is 62.6 cm³/mol. The van der Waals surface area contributed by atoms with E-state index in [1.165, 1.54) is 0 Å². The molecule has 18 heavy (non-hydrogen) atoms. The summed E-state index contributed by atoms with van der Waals surface area (Å²) in [6, 6.07) is 6.91. The number of rotatable bonds is 5. The third kappa shape index (κ3) is 6.12. The Bertz CT molecular complexity index is 387. The van der Waals surface area contributed by atoms with Crippen molar-refractivity contribution in [3.8, 4) is 0 Å². The van der Waals surface area contributed by atoms with Crippen LogP contribution >= 0.6 is 0 Å². The maximum atomic E-state index is 11.9. The number of nitrogen functional groups attached to an aromatic ring is 1. The second kappa shape index (κ2) is 6.28. The van der Waals surface area contributed by atoms with Gasteiger partial charge in [-0.3, -0.25) is 4.79 Å². The topological polar surface area (TPSA) is 55.1 Å². The van der Waals surface area contributed by atoms with E-state index in [1.807, 2.05) is 0 Å². The second-order valence-electron chi connectivity index (χ2n) is 3.99. The van der Waals surface area contributed by atoms with E-state index in [-0.39, 0.29) is 18.7 Å². The Morgan fingerprint density at radius 1 is 1.22 bits per heavy atom. The Balaban J connectivity index is 2.23. The Hall–Kier alpha value is -1.72. The minimum atomic E-state index is -4.20. The minimum absolute atomic E-state index is 0.117. The average molecular weight is 260 g/mol. The molecule has 0 unspecified atom stereocenters. The van der Waals surface area contributed by atoms with Gasteiger partial charge in [-0.2, -0.15) is 13.2 Å². The summed E-state index contributed by atoms with van der Waals surface area (Å²) >= 11 is 0. The maximum Gasteiger partial charge on any atom is 0.389 e. The zero-order valence-corrected chi connectivity index (χ0v) is 9.76. The van der Waals surface area contributed by atoms with Crippen LogP contribution in [0.25, 0.3) is 0 Å². The molecular weight excluding hydrogens is 245 g/mol. The van der Waals surface area contributed by atoms with Gasteiger partial charge in [0.25, 0.3) is 0 Å². The van der Waals surface area contributed by atoms with Crippen molar-refractivity contribution < 1.29 is 18.0 Å². The van der Waals surface area contributed by atoms with Crippen LogP contribution in [0.3, 0.4) is 0 Å². The number of hydrogen-bond acceptors (Lipinski definition) is 2. The molecule has 0 spiro atoms. The summed E-state index contributed by atoms with van der Waals surface area (Å²) in [5.74, 6) is -0.379. The molecule has 0 aromatic heterocycles. The summed E-state index contributed by atoms with van der Waals surface area (Å²) < 4.78 is 35.6. The van der Waals surface area contributed by atoms with Crippen LogP contribution in [0, 0.1) is 0 Å². The van der Waals surface area contributed by atoms with Crippen LogP contribution in [-0.4, -0.2) is 12.1 Å². The van der Waals surface area contributed by atoms with E-state index in [4.69, 9.17) is 5.73 Å². The molecule has 0 radical (unpaired) electrons. The van der Waals surface area contributed by atoms with E-state index < -0.39 is 12.6 Å². The molecule has 0 bridgehead atoms. The molecule has 0 aliphatic heterocycles. The monoisotopic (exact) mass is 260 g/mol. The highest BCUT2D eigenvalue weighted by Crippen LogP contribution is 2.22. The van der Waals surface area contributed by atoms with Gasteiger partial charge in [-0.15, -0.1) is 0 Å². The molecule has 0 aliphatic rings. The van der Waals surface area contributed by atoms with Gasteiger partial charge in [0.15, 0.2) is 0 Å². The zero-order valence-electron chi connectivity index (χ0n) is 9.76. The molecule has 0 aliphatic carbocycles. The van der Waals surface area contributed by atoms with Crippen molar-refractivity contribution in [2.75, 3.05) is 5.73 Å². The lowest BCUT2D eigenvalue weighted by Crippen LogP contribution is -2.23. The lowest BCUT2D eigenvalue weighted by atomic mass is 10.2. The summed E-state index contributed by atoms with van der Waals surface area (Å²) in [5.41, 5.74) is 6.97. The normalized spacial score (nSPS) is 11.3. The van der Waals surface area contributed by atoms with Crippen molar-refractivity contribution in [1.29, 1.82) is 0 Å². The number of benzene rings is 1. The molecule has 0 heterocycles. The number of carbonyl (C=O) groups excluding carboxylic acids is 1. The van der Waals surface area contributed by atoms with Crippen LogP contribution in [0.1, 0.15) is 24.8 Å². The van der Waals surface area contributed by atoms with E-state index in [0.29, 0.717) is 12.2 Å². The number of halogens is 3. The van der Waals surface area contributed by atoms with E-state index in [1.54, 1.807) is 24.3 Å². The highest BCUT2D eigenvalue weighted by molar-refractivity contribution is 5.75. The maximum absolute atomic E-state index is 11.9. The highest BCUT2D eigenvalue weighted by Gasteiger charge is 2.26. The van der Waals surface area contributed by atoms with Crippen molar-refractivity contribution in [2.24, 2.45) is 0 Å². The average Bonchev–Trinajstić information content (AvgIpc) is 2.26. The van der Waals surface area contributed by atoms with Crippen LogP contribution < -0.4 is 11.1 Å². The molecule has 0 atom stereocenters. The summed E-state index contributed by atoms with van der Waals surface area (Å²) in [6.45, 7) is 0.297. The van der Waals surface area contributed by atoms with Crippen molar-refractivity contribution in [3.05, 3.63) is 29.8 Å². The molecule has 1 aromatic rings. The van der Waals surface area contributed by atoms with Crippen LogP contribution in [0.15, 0.2) is 24.3 Å². The van der Waals surface area contributed by atoms with Gasteiger partial charge >= 0.3 is 6.18 Å². The van der Waals surface area contributed by atoms with Crippen molar-refractivity contribution in [3.63, 3.8) is 0 Å². The molecule has 1 amide bonds. The summed E-state index contributed by atoms with van der Waals surface area (Å²) in [4.78, 5) is 11.3. The largest absolute Gasteiger partial charge is 0.399 e. The molecule has 0 fully saturated rings. The molecule has 1 aromatic carbocycles. The first-order valence-corrected chi connectivity index (χ1v) is 5.55. The quantitative estimate of drug-likeness (QED) is 0.799. The fraction of sp³-hybridized carbons (Fsp3) is 0.417. The molecular formula is C12H15F3N2O. The van der Waals surface area contributed by atoms with Gasteiger partial charge in [-0.1, -0.05) is 12.1 Å². The first-order chi connectivity index (χ1) is 8.37. The van der Waals surface area contributed by atoms with Crippen LogP contribution in [0.5, 0.6) is 0 Å². The van der Waals surface area contributed by atoms with Gasteiger partial charge in [0.2, 0.25) is 5.91 Å². The van der Waals surface area contributed by atoms with E-state index in [0.717, 1.165) is 5.56 Å². The Labute approximate surface area is 103 Å². The number of alkyl halides is 3. The van der Waals surface area contributed by atoms with Crippen molar-refractivity contribution in [1.82, 2.24) is 5.32 Å². The number of nitrogens with one attached hydrogen (secondary N) is 1. The van der Waals surface area contributed by atoms with Crippen molar-refractivity contribution >= 4 is 11.6 Å². The van der Waals surface area contributed by atoms with Crippen LogP contribution in [0.2, 0.25) is 0 Å². The number of anilines is 1. The van der Waals surface area contributed by atoms with Crippen LogP contribution in [-0.2, 0) is 11.3 Å². The zero-order chi connectivity index (χ0) is 13.6. The Morgan fingerprint density at radius 3 is 2.39 bits per heavy atom. The van der Waals surface area contributed by atoms with Gasteiger partial charge < -0.3 is 11.1 Å².